The largest absolute Gasteiger partial charge is 0.506 e. The standard InChI is InChI=1S/C44H58N4O10/c1-29-37(51)35(33(23-49)19-45-29)21-47(39(41(53)54)43(3,4)27-57-25-31-13-9-7-10-14-31)17-18-48(22-36-34(24-50)20-46-30(2)38(36)52)40(42(55)56)44(5,6)28-58-26-32-15-11-8-12-16-32/h7-16,19-20,39-40,49-52H,17-18,21-28H2,1-6H3,(H,53,54)(H,55,56). The van der Waals surface area contributed by atoms with Gasteiger partial charge in [0.1, 0.15) is 23.6 Å². The van der Waals surface area contributed by atoms with Crippen molar-refractivity contribution in [1.29, 1.82) is 0 Å². The van der Waals surface area contributed by atoms with E-state index in [-0.39, 0.29) is 86.6 Å². The molecule has 2 aromatic heterocycles. The second-order valence-electron chi connectivity index (χ2n) is 16.1. The van der Waals surface area contributed by atoms with Crippen LogP contribution in [0.4, 0.5) is 0 Å². The number of aliphatic carboxylic acids is 2. The average molecular weight is 803 g/mol. The van der Waals surface area contributed by atoms with Gasteiger partial charge >= 0.3 is 11.9 Å². The Hall–Kier alpha value is -4.96. The summed E-state index contributed by atoms with van der Waals surface area (Å²) in [5, 5.41) is 65.0. The van der Waals surface area contributed by atoms with Gasteiger partial charge in [0, 0.05) is 71.7 Å². The van der Waals surface area contributed by atoms with Crippen molar-refractivity contribution in [1.82, 2.24) is 19.8 Å². The lowest BCUT2D eigenvalue weighted by Crippen LogP contribution is -2.57. The third-order valence-electron chi connectivity index (χ3n) is 10.4. The Kier molecular flexibility index (Phi) is 16.3. The van der Waals surface area contributed by atoms with E-state index in [1.807, 2.05) is 60.7 Å². The maximum Gasteiger partial charge on any atom is 0.321 e. The third-order valence-corrected chi connectivity index (χ3v) is 10.4. The van der Waals surface area contributed by atoms with Crippen molar-refractivity contribution < 1.29 is 49.7 Å². The fraction of sp³-hybridized carbons (Fsp3) is 0.455. The summed E-state index contributed by atoms with van der Waals surface area (Å²) in [5.74, 6) is -2.74. The predicted octanol–water partition coefficient (Wildman–Crippen LogP) is 5.19. The number of benzene rings is 2. The molecule has 6 N–H and O–H groups in total. The number of aliphatic hydroxyl groups excluding tert-OH is 2. The van der Waals surface area contributed by atoms with Gasteiger partial charge in [-0.05, 0) is 25.0 Å². The third kappa shape index (κ3) is 11.8. The number of aryl methyl sites for hydroxylation is 2. The number of carbonyl (C=O) groups is 2. The molecule has 2 heterocycles. The van der Waals surface area contributed by atoms with Gasteiger partial charge in [-0.25, -0.2) is 0 Å². The van der Waals surface area contributed by atoms with E-state index in [1.165, 1.54) is 12.4 Å². The van der Waals surface area contributed by atoms with Crippen LogP contribution in [0.5, 0.6) is 11.5 Å². The van der Waals surface area contributed by atoms with Gasteiger partial charge in [-0.15, -0.1) is 0 Å². The normalized spacial score (nSPS) is 13.2. The van der Waals surface area contributed by atoms with Gasteiger partial charge in [-0.2, -0.15) is 0 Å². The van der Waals surface area contributed by atoms with E-state index in [4.69, 9.17) is 9.47 Å². The van der Waals surface area contributed by atoms with E-state index in [2.05, 4.69) is 9.97 Å². The number of carboxylic acids is 2. The van der Waals surface area contributed by atoms with E-state index in [1.54, 1.807) is 51.3 Å². The second kappa shape index (κ2) is 20.6. The quantitative estimate of drug-likeness (QED) is 0.0572. The monoisotopic (exact) mass is 802 g/mol. The maximum absolute atomic E-state index is 13.4. The molecule has 0 aliphatic rings. The minimum atomic E-state index is -1.25. The van der Waals surface area contributed by atoms with Crippen molar-refractivity contribution in [3.8, 4) is 11.5 Å². The van der Waals surface area contributed by atoms with E-state index in [9.17, 15) is 40.2 Å². The number of aromatic nitrogens is 2. The first-order valence-electron chi connectivity index (χ1n) is 19.2. The van der Waals surface area contributed by atoms with Crippen LogP contribution in [0.15, 0.2) is 73.1 Å². The minimum absolute atomic E-state index is 0.0286. The molecule has 314 valence electrons. The number of aliphatic hydroxyl groups is 2. The van der Waals surface area contributed by atoms with Crippen LogP contribution in [0, 0.1) is 24.7 Å². The van der Waals surface area contributed by atoms with Crippen molar-refractivity contribution in [2.45, 2.75) is 93.1 Å². The summed E-state index contributed by atoms with van der Waals surface area (Å²) in [6.45, 7) is 9.45. The molecule has 0 radical (unpaired) electrons. The summed E-state index contributed by atoms with van der Waals surface area (Å²) in [6.07, 6.45) is 2.87. The number of hydrogen-bond acceptors (Lipinski definition) is 12. The van der Waals surface area contributed by atoms with Gasteiger partial charge in [0.25, 0.3) is 0 Å². The lowest BCUT2D eigenvalue weighted by Gasteiger charge is -2.43. The van der Waals surface area contributed by atoms with Crippen molar-refractivity contribution in [3.05, 3.63) is 118 Å². The molecule has 0 spiro atoms. The fourth-order valence-electron chi connectivity index (χ4n) is 7.40. The highest BCUT2D eigenvalue weighted by molar-refractivity contribution is 5.75. The summed E-state index contributed by atoms with van der Waals surface area (Å²) in [5.41, 5.74) is 1.46. The van der Waals surface area contributed by atoms with Gasteiger partial charge in [0.05, 0.1) is 51.0 Å². The van der Waals surface area contributed by atoms with Crippen LogP contribution >= 0.6 is 0 Å². The Bertz CT molecular complexity index is 1820. The van der Waals surface area contributed by atoms with Gasteiger partial charge in [0.15, 0.2) is 0 Å². The number of hydrogen-bond donors (Lipinski definition) is 6. The zero-order valence-corrected chi connectivity index (χ0v) is 34.3. The highest BCUT2D eigenvalue weighted by Gasteiger charge is 2.44. The van der Waals surface area contributed by atoms with E-state index in [0.717, 1.165) is 11.1 Å². The molecule has 0 bridgehead atoms. The molecule has 0 saturated carbocycles. The second-order valence-corrected chi connectivity index (χ2v) is 16.1. The van der Waals surface area contributed by atoms with Crippen LogP contribution in [0.1, 0.15) is 72.5 Å². The molecule has 2 atom stereocenters. The molecular weight excluding hydrogens is 745 g/mol. The zero-order chi connectivity index (χ0) is 42.6. The van der Waals surface area contributed by atoms with Crippen molar-refractivity contribution >= 4 is 11.9 Å². The molecule has 58 heavy (non-hydrogen) atoms. The number of ether oxygens (including phenoxy) is 2. The first kappa shape index (κ1) is 45.7. The predicted molar refractivity (Wildman–Crippen MR) is 217 cm³/mol. The highest BCUT2D eigenvalue weighted by Crippen LogP contribution is 2.35. The van der Waals surface area contributed by atoms with Crippen molar-refractivity contribution in [2.24, 2.45) is 10.8 Å². The molecule has 0 aliphatic heterocycles. The van der Waals surface area contributed by atoms with Crippen LogP contribution in [-0.4, -0.2) is 101 Å². The molecule has 0 aliphatic carbocycles. The van der Waals surface area contributed by atoms with E-state index in [0.29, 0.717) is 11.1 Å². The van der Waals surface area contributed by atoms with Gasteiger partial charge in [0.2, 0.25) is 0 Å². The zero-order valence-electron chi connectivity index (χ0n) is 34.3. The molecule has 0 fully saturated rings. The van der Waals surface area contributed by atoms with Crippen molar-refractivity contribution in [3.63, 3.8) is 0 Å². The molecule has 2 aromatic carbocycles. The summed E-state index contributed by atoms with van der Waals surface area (Å²) in [4.78, 5) is 38.5. The molecule has 14 nitrogen and oxygen atoms in total. The Morgan fingerprint density at radius 3 is 1.29 bits per heavy atom. The molecule has 2 unspecified atom stereocenters. The number of aromatic hydroxyl groups is 2. The maximum atomic E-state index is 13.4. The van der Waals surface area contributed by atoms with Gasteiger partial charge in [-0.1, -0.05) is 88.4 Å². The fourth-order valence-corrected chi connectivity index (χ4v) is 7.40. The molecular formula is C44H58N4O10. The average Bonchev–Trinajstić information content (AvgIpc) is 3.17. The first-order valence-corrected chi connectivity index (χ1v) is 19.2. The van der Waals surface area contributed by atoms with Crippen LogP contribution in [0.2, 0.25) is 0 Å². The highest BCUT2D eigenvalue weighted by atomic mass is 16.5. The molecule has 4 rings (SSSR count). The lowest BCUT2D eigenvalue weighted by molar-refractivity contribution is -0.154. The number of pyridine rings is 2. The molecule has 0 saturated heterocycles. The smallest absolute Gasteiger partial charge is 0.321 e. The van der Waals surface area contributed by atoms with Crippen LogP contribution in [0.3, 0.4) is 0 Å². The first-order chi connectivity index (χ1) is 27.5. The number of rotatable bonds is 23. The lowest BCUT2D eigenvalue weighted by atomic mass is 9.83. The van der Waals surface area contributed by atoms with Gasteiger partial charge in [-0.3, -0.25) is 29.4 Å². The molecule has 4 aromatic rings. The number of carboxylic acid groups (broad SMARTS) is 2. The van der Waals surface area contributed by atoms with Crippen LogP contribution in [0.25, 0.3) is 0 Å². The Morgan fingerprint density at radius 2 is 0.983 bits per heavy atom. The number of nitrogens with zero attached hydrogens (tertiary/aromatic N) is 4. The summed E-state index contributed by atoms with van der Waals surface area (Å²) in [6, 6.07) is 16.5. The van der Waals surface area contributed by atoms with Gasteiger partial charge < -0.3 is 40.1 Å². The summed E-state index contributed by atoms with van der Waals surface area (Å²) < 4.78 is 12.2. The SMILES string of the molecule is Cc1ncc(CO)c(CN(CCN(Cc2c(CO)cnc(C)c2O)C(C(=O)O)C(C)(C)COCc2ccccc2)C(C(=O)O)C(C)(C)COCc2ccccc2)c1O. The Balaban J connectivity index is 1.78. The van der Waals surface area contributed by atoms with Crippen LogP contribution < -0.4 is 0 Å². The summed E-state index contributed by atoms with van der Waals surface area (Å²) in [7, 11) is 0. The van der Waals surface area contributed by atoms with Crippen LogP contribution in [-0.2, 0) is 58.6 Å². The van der Waals surface area contributed by atoms with E-state index < -0.39 is 48.1 Å². The Labute approximate surface area is 340 Å². The Morgan fingerprint density at radius 1 is 0.638 bits per heavy atom. The van der Waals surface area contributed by atoms with Crippen molar-refractivity contribution in [2.75, 3.05) is 26.3 Å². The van der Waals surface area contributed by atoms with E-state index >= 15 is 0 Å². The topological polar surface area (TPSA) is 206 Å². The molecule has 0 amide bonds. The summed E-state index contributed by atoms with van der Waals surface area (Å²) >= 11 is 0. The molecule has 14 heteroatoms. The minimum Gasteiger partial charge on any atom is -0.506 e.